The molecule has 0 radical (unpaired) electrons. The van der Waals surface area contributed by atoms with Crippen LogP contribution in [0.3, 0.4) is 0 Å². The van der Waals surface area contributed by atoms with Gasteiger partial charge >= 0.3 is 0 Å². The molecule has 6 nitrogen and oxygen atoms in total. The number of aromatic nitrogens is 2. The van der Waals surface area contributed by atoms with Gasteiger partial charge in [0.1, 0.15) is 5.75 Å². The van der Waals surface area contributed by atoms with Gasteiger partial charge in [-0.1, -0.05) is 5.16 Å². The van der Waals surface area contributed by atoms with E-state index in [1.165, 1.54) is 0 Å². The lowest BCUT2D eigenvalue weighted by Gasteiger charge is -2.08. The van der Waals surface area contributed by atoms with E-state index in [2.05, 4.69) is 10.3 Å². The Bertz CT molecular complexity index is 632. The van der Waals surface area contributed by atoms with Gasteiger partial charge in [0.15, 0.2) is 11.6 Å². The van der Waals surface area contributed by atoms with Gasteiger partial charge < -0.3 is 15.7 Å². The van der Waals surface area contributed by atoms with E-state index in [1.54, 1.807) is 18.3 Å². The van der Waals surface area contributed by atoms with Crippen molar-refractivity contribution in [1.82, 2.24) is 9.78 Å². The quantitative estimate of drug-likeness (QED) is 0.388. The first-order valence-electron chi connectivity index (χ1n) is 6.32. The van der Waals surface area contributed by atoms with Gasteiger partial charge in [-0.2, -0.15) is 5.10 Å². The number of aryl methyl sites for hydroxylation is 1. The number of ether oxygens (including phenoxy) is 1. The van der Waals surface area contributed by atoms with Crippen molar-refractivity contribution in [2.75, 3.05) is 0 Å². The summed E-state index contributed by atoms with van der Waals surface area (Å²) in [5, 5.41) is 15.9. The fraction of sp³-hybridized carbons (Fsp3) is 0.286. The molecule has 0 aliphatic rings. The number of benzene rings is 1. The van der Waals surface area contributed by atoms with Crippen molar-refractivity contribution >= 4 is 5.84 Å². The van der Waals surface area contributed by atoms with Crippen molar-refractivity contribution in [3.63, 3.8) is 0 Å². The maximum atomic E-state index is 8.69. The minimum absolute atomic E-state index is 0.0849. The van der Waals surface area contributed by atoms with Crippen LogP contribution in [0.25, 0.3) is 0 Å². The van der Waals surface area contributed by atoms with E-state index in [1.807, 2.05) is 37.7 Å². The molecule has 0 amide bonds. The molecule has 3 N–H and O–H groups in total. The minimum atomic E-state index is 0.0849. The summed E-state index contributed by atoms with van der Waals surface area (Å²) in [6.07, 6.45) is 3.52. The summed E-state index contributed by atoms with van der Waals surface area (Å²) in [6, 6.07) is 5.65. The van der Waals surface area contributed by atoms with Gasteiger partial charge in [-0.15, -0.1) is 0 Å². The maximum Gasteiger partial charge on any atom is 0.170 e. The summed E-state index contributed by atoms with van der Waals surface area (Å²) in [5.74, 6) is 1.44. The highest BCUT2D eigenvalue weighted by molar-refractivity contribution is 5.98. The number of nitrogens with two attached hydrogens (primary N) is 1. The SMILES string of the molecule is Cc1cc(Oc2cnn(C(C)C)c2)ccc1/C(N)=N/O. The molecule has 0 saturated carbocycles. The normalized spacial score (nSPS) is 11.9. The van der Waals surface area contributed by atoms with Gasteiger partial charge in [-0.05, 0) is 44.5 Å². The first kappa shape index (κ1) is 13.9. The number of amidine groups is 1. The largest absolute Gasteiger partial charge is 0.454 e. The number of oxime groups is 1. The molecular formula is C14H18N4O2. The average Bonchev–Trinajstić information content (AvgIpc) is 2.87. The molecule has 0 bridgehead atoms. The Morgan fingerprint density at radius 2 is 2.15 bits per heavy atom. The summed E-state index contributed by atoms with van der Waals surface area (Å²) < 4.78 is 7.56. The second kappa shape index (κ2) is 5.64. The maximum absolute atomic E-state index is 8.69. The van der Waals surface area contributed by atoms with E-state index in [4.69, 9.17) is 15.7 Å². The number of hydrogen-bond acceptors (Lipinski definition) is 4. The average molecular weight is 274 g/mol. The lowest BCUT2D eigenvalue weighted by atomic mass is 10.1. The van der Waals surface area contributed by atoms with Crippen LogP contribution in [0.5, 0.6) is 11.5 Å². The third-order valence-corrected chi connectivity index (χ3v) is 2.92. The van der Waals surface area contributed by atoms with Crippen LogP contribution in [0.15, 0.2) is 35.7 Å². The minimum Gasteiger partial charge on any atom is -0.454 e. The van der Waals surface area contributed by atoms with E-state index in [9.17, 15) is 0 Å². The van der Waals surface area contributed by atoms with Crippen LogP contribution in [-0.4, -0.2) is 20.8 Å². The summed E-state index contributed by atoms with van der Waals surface area (Å²) in [4.78, 5) is 0. The predicted octanol–water partition coefficient (Wildman–Crippen LogP) is 2.66. The summed E-state index contributed by atoms with van der Waals surface area (Å²) in [7, 11) is 0. The fourth-order valence-electron chi connectivity index (χ4n) is 1.83. The van der Waals surface area contributed by atoms with Crippen LogP contribution in [0.1, 0.15) is 31.0 Å². The number of hydrogen-bond donors (Lipinski definition) is 2. The molecule has 0 unspecified atom stereocenters. The third kappa shape index (κ3) is 2.90. The Morgan fingerprint density at radius 3 is 2.70 bits per heavy atom. The molecule has 106 valence electrons. The molecule has 0 saturated heterocycles. The molecular weight excluding hydrogens is 256 g/mol. The van der Waals surface area contributed by atoms with Crippen molar-refractivity contribution in [3.05, 3.63) is 41.7 Å². The summed E-state index contributed by atoms with van der Waals surface area (Å²) >= 11 is 0. The highest BCUT2D eigenvalue weighted by Gasteiger charge is 2.07. The van der Waals surface area contributed by atoms with E-state index < -0.39 is 0 Å². The van der Waals surface area contributed by atoms with Gasteiger partial charge in [0.2, 0.25) is 0 Å². The van der Waals surface area contributed by atoms with Crippen LogP contribution in [0.4, 0.5) is 0 Å². The second-order valence-electron chi connectivity index (χ2n) is 4.81. The number of nitrogens with zero attached hydrogens (tertiary/aromatic N) is 3. The zero-order chi connectivity index (χ0) is 14.7. The lowest BCUT2D eigenvalue weighted by molar-refractivity contribution is 0.318. The molecule has 0 aliphatic carbocycles. The molecule has 0 atom stereocenters. The molecule has 6 heteroatoms. The van der Waals surface area contributed by atoms with Crippen LogP contribution >= 0.6 is 0 Å². The highest BCUT2D eigenvalue weighted by atomic mass is 16.5. The van der Waals surface area contributed by atoms with Gasteiger partial charge in [0, 0.05) is 11.6 Å². The van der Waals surface area contributed by atoms with Crippen molar-refractivity contribution in [1.29, 1.82) is 0 Å². The molecule has 2 aromatic rings. The molecule has 0 spiro atoms. The third-order valence-electron chi connectivity index (χ3n) is 2.92. The number of rotatable bonds is 4. The smallest absolute Gasteiger partial charge is 0.170 e. The van der Waals surface area contributed by atoms with Gasteiger partial charge in [0.25, 0.3) is 0 Å². The van der Waals surface area contributed by atoms with Gasteiger partial charge in [-0.3, -0.25) is 4.68 Å². The van der Waals surface area contributed by atoms with Crippen molar-refractivity contribution < 1.29 is 9.94 Å². The van der Waals surface area contributed by atoms with E-state index >= 15 is 0 Å². The fourth-order valence-corrected chi connectivity index (χ4v) is 1.83. The highest BCUT2D eigenvalue weighted by Crippen LogP contribution is 2.24. The van der Waals surface area contributed by atoms with E-state index in [0.717, 1.165) is 5.56 Å². The van der Waals surface area contributed by atoms with Crippen LogP contribution in [-0.2, 0) is 0 Å². The molecule has 0 aliphatic heterocycles. The molecule has 1 heterocycles. The van der Waals surface area contributed by atoms with Gasteiger partial charge in [-0.25, -0.2) is 0 Å². The zero-order valence-corrected chi connectivity index (χ0v) is 11.7. The molecule has 0 fully saturated rings. The molecule has 20 heavy (non-hydrogen) atoms. The molecule has 2 rings (SSSR count). The Labute approximate surface area is 117 Å². The summed E-state index contributed by atoms with van der Waals surface area (Å²) in [6.45, 7) is 5.97. The van der Waals surface area contributed by atoms with E-state index in [0.29, 0.717) is 17.1 Å². The van der Waals surface area contributed by atoms with Crippen molar-refractivity contribution in [3.8, 4) is 11.5 Å². The predicted molar refractivity (Wildman–Crippen MR) is 76.4 cm³/mol. The van der Waals surface area contributed by atoms with Crippen LogP contribution < -0.4 is 10.5 Å². The monoisotopic (exact) mass is 274 g/mol. The first-order chi connectivity index (χ1) is 9.51. The second-order valence-corrected chi connectivity index (χ2v) is 4.81. The zero-order valence-electron chi connectivity index (χ0n) is 11.7. The Balaban J connectivity index is 2.19. The Hall–Kier alpha value is -2.50. The topological polar surface area (TPSA) is 85.7 Å². The van der Waals surface area contributed by atoms with Gasteiger partial charge in [0.05, 0.1) is 12.4 Å². The molecule has 1 aromatic heterocycles. The summed E-state index contributed by atoms with van der Waals surface area (Å²) in [5.41, 5.74) is 7.13. The standard InChI is InChI=1S/C14H18N4O2/c1-9(2)18-8-12(7-16-18)20-11-4-5-13(10(3)6-11)14(15)17-19/h4-9,19H,1-3H3,(H2,15,17). The van der Waals surface area contributed by atoms with Crippen LogP contribution in [0.2, 0.25) is 0 Å². The lowest BCUT2D eigenvalue weighted by Crippen LogP contribution is -2.14. The van der Waals surface area contributed by atoms with Crippen LogP contribution in [0, 0.1) is 6.92 Å². The Morgan fingerprint density at radius 1 is 1.40 bits per heavy atom. The van der Waals surface area contributed by atoms with Crippen molar-refractivity contribution in [2.45, 2.75) is 26.8 Å². The van der Waals surface area contributed by atoms with E-state index in [-0.39, 0.29) is 11.9 Å². The van der Waals surface area contributed by atoms with Crippen molar-refractivity contribution in [2.24, 2.45) is 10.9 Å². The molecule has 1 aromatic carbocycles. The first-order valence-corrected chi connectivity index (χ1v) is 6.32. The Kier molecular flexibility index (Phi) is 3.93.